The Hall–Kier alpha value is -0.0800. The Kier molecular flexibility index (Phi) is 2.90. The summed E-state index contributed by atoms with van der Waals surface area (Å²) in [6, 6.07) is 0. The molecule has 2 heteroatoms. The van der Waals surface area contributed by atoms with Gasteiger partial charge in [-0.25, -0.2) is 0 Å². The maximum absolute atomic E-state index is 5.71. The van der Waals surface area contributed by atoms with Gasteiger partial charge in [0.15, 0.2) is 0 Å². The van der Waals surface area contributed by atoms with Gasteiger partial charge in [-0.1, -0.05) is 0 Å². The number of nitrogens with zero attached hydrogens (tertiary/aromatic N) is 1. The normalized spacial score (nSPS) is 34.1. The van der Waals surface area contributed by atoms with Crippen LogP contribution < -0.4 is 0 Å². The van der Waals surface area contributed by atoms with Crippen LogP contribution in [0.3, 0.4) is 0 Å². The van der Waals surface area contributed by atoms with Crippen molar-refractivity contribution in [2.45, 2.75) is 38.8 Å². The topological polar surface area (TPSA) is 12.5 Å². The second-order valence-corrected chi connectivity index (χ2v) is 3.49. The molecule has 0 bridgehead atoms. The quantitative estimate of drug-likeness (QED) is 0.606. The maximum Gasteiger partial charge on any atom is 0.118 e. The zero-order valence-corrected chi connectivity index (χ0v) is 7.89. The number of rotatable bonds is 2. The zero-order chi connectivity index (χ0) is 8.32. The first kappa shape index (κ1) is 9.01. The van der Waals surface area contributed by atoms with E-state index in [0.717, 1.165) is 6.61 Å². The van der Waals surface area contributed by atoms with Gasteiger partial charge in [0, 0.05) is 13.2 Å². The number of likely N-dealkylation sites (tertiary alicyclic amines) is 1. The minimum Gasteiger partial charge on any atom is -0.361 e. The Morgan fingerprint density at radius 3 is 2.73 bits per heavy atom. The molecule has 0 spiro atoms. The highest BCUT2D eigenvalue weighted by molar-refractivity contribution is 4.78. The number of ether oxygens (including phenoxy) is 1. The van der Waals surface area contributed by atoms with Gasteiger partial charge in [-0.2, -0.15) is 0 Å². The van der Waals surface area contributed by atoms with Crippen LogP contribution in [0.25, 0.3) is 0 Å². The standard InChI is InChI=1S/C9H19NO/c1-4-11-9(2)7-5-6-8-10(9)3/h4-8H2,1-3H3. The van der Waals surface area contributed by atoms with Crippen LogP contribution in [-0.4, -0.2) is 30.8 Å². The third-order valence-electron chi connectivity index (χ3n) is 2.65. The fourth-order valence-electron chi connectivity index (χ4n) is 1.72. The van der Waals surface area contributed by atoms with Crippen molar-refractivity contribution in [2.75, 3.05) is 20.2 Å². The highest BCUT2D eigenvalue weighted by Gasteiger charge is 2.31. The average Bonchev–Trinajstić information content (AvgIpc) is 1.96. The summed E-state index contributed by atoms with van der Waals surface area (Å²) < 4.78 is 5.71. The fraction of sp³-hybridized carbons (Fsp3) is 1.00. The van der Waals surface area contributed by atoms with Crippen molar-refractivity contribution in [1.82, 2.24) is 4.90 Å². The second-order valence-electron chi connectivity index (χ2n) is 3.49. The second kappa shape index (κ2) is 3.55. The lowest BCUT2D eigenvalue weighted by atomic mass is 10.0. The molecule has 2 nitrogen and oxygen atoms in total. The Morgan fingerprint density at radius 1 is 1.45 bits per heavy atom. The average molecular weight is 157 g/mol. The largest absolute Gasteiger partial charge is 0.361 e. The van der Waals surface area contributed by atoms with Crippen molar-refractivity contribution in [1.29, 1.82) is 0 Å². The molecule has 0 radical (unpaired) electrons. The Morgan fingerprint density at radius 2 is 2.18 bits per heavy atom. The SMILES string of the molecule is CCOC1(C)CCCCN1C. The first-order valence-corrected chi connectivity index (χ1v) is 4.54. The Balaban J connectivity index is 2.49. The molecule has 0 aromatic rings. The van der Waals surface area contributed by atoms with Crippen molar-refractivity contribution >= 4 is 0 Å². The minimum atomic E-state index is 0.0208. The van der Waals surface area contributed by atoms with Crippen LogP contribution >= 0.6 is 0 Å². The van der Waals surface area contributed by atoms with Crippen LogP contribution in [0.2, 0.25) is 0 Å². The van der Waals surface area contributed by atoms with Crippen molar-refractivity contribution in [3.8, 4) is 0 Å². The third kappa shape index (κ3) is 1.94. The highest BCUT2D eigenvalue weighted by Crippen LogP contribution is 2.26. The molecule has 0 amide bonds. The predicted molar refractivity (Wildman–Crippen MR) is 46.5 cm³/mol. The monoisotopic (exact) mass is 157 g/mol. The molecule has 66 valence electrons. The molecule has 11 heavy (non-hydrogen) atoms. The van der Waals surface area contributed by atoms with E-state index in [-0.39, 0.29) is 5.72 Å². The van der Waals surface area contributed by atoms with Crippen LogP contribution in [0, 0.1) is 0 Å². The van der Waals surface area contributed by atoms with E-state index in [1.807, 2.05) is 0 Å². The fourth-order valence-corrected chi connectivity index (χ4v) is 1.72. The molecular formula is C9H19NO. The summed E-state index contributed by atoms with van der Waals surface area (Å²) in [7, 11) is 2.15. The molecule has 1 fully saturated rings. The molecule has 0 saturated carbocycles. The van der Waals surface area contributed by atoms with E-state index < -0.39 is 0 Å². The van der Waals surface area contributed by atoms with Gasteiger partial charge in [0.05, 0.1) is 0 Å². The summed E-state index contributed by atoms with van der Waals surface area (Å²) >= 11 is 0. The van der Waals surface area contributed by atoms with E-state index in [0.29, 0.717) is 0 Å². The summed E-state index contributed by atoms with van der Waals surface area (Å²) in [5.74, 6) is 0. The van der Waals surface area contributed by atoms with Crippen LogP contribution in [-0.2, 0) is 4.74 Å². The summed E-state index contributed by atoms with van der Waals surface area (Å²) in [5, 5.41) is 0. The first-order chi connectivity index (χ1) is 5.19. The van der Waals surface area contributed by atoms with Gasteiger partial charge in [0.25, 0.3) is 0 Å². The van der Waals surface area contributed by atoms with Crippen LogP contribution in [0.5, 0.6) is 0 Å². The molecule has 0 aromatic carbocycles. The molecule has 1 aliphatic rings. The lowest BCUT2D eigenvalue weighted by molar-refractivity contribution is -0.149. The van der Waals surface area contributed by atoms with Crippen molar-refractivity contribution in [3.63, 3.8) is 0 Å². The molecule has 0 aliphatic carbocycles. The number of piperidine rings is 1. The van der Waals surface area contributed by atoms with Crippen LogP contribution in [0.4, 0.5) is 0 Å². The lowest BCUT2D eigenvalue weighted by Crippen LogP contribution is -2.49. The predicted octanol–water partition coefficient (Wildman–Crippen LogP) is 1.85. The van der Waals surface area contributed by atoms with E-state index in [1.54, 1.807) is 0 Å². The molecular weight excluding hydrogens is 138 g/mol. The minimum absolute atomic E-state index is 0.0208. The Bertz CT molecular complexity index is 123. The first-order valence-electron chi connectivity index (χ1n) is 4.54. The summed E-state index contributed by atoms with van der Waals surface area (Å²) in [5.41, 5.74) is 0.0208. The zero-order valence-electron chi connectivity index (χ0n) is 7.89. The van der Waals surface area contributed by atoms with E-state index in [9.17, 15) is 0 Å². The van der Waals surface area contributed by atoms with Gasteiger partial charge in [-0.3, -0.25) is 4.90 Å². The van der Waals surface area contributed by atoms with E-state index in [2.05, 4.69) is 25.8 Å². The van der Waals surface area contributed by atoms with Gasteiger partial charge < -0.3 is 4.74 Å². The van der Waals surface area contributed by atoms with Crippen molar-refractivity contribution < 1.29 is 4.74 Å². The van der Waals surface area contributed by atoms with Gasteiger partial charge >= 0.3 is 0 Å². The number of hydrogen-bond donors (Lipinski definition) is 0. The molecule has 0 aromatic heterocycles. The third-order valence-corrected chi connectivity index (χ3v) is 2.65. The molecule has 0 N–H and O–H groups in total. The summed E-state index contributed by atoms with van der Waals surface area (Å²) in [6.07, 6.45) is 3.80. The van der Waals surface area contributed by atoms with Crippen molar-refractivity contribution in [3.05, 3.63) is 0 Å². The summed E-state index contributed by atoms with van der Waals surface area (Å²) in [4.78, 5) is 2.32. The van der Waals surface area contributed by atoms with E-state index in [4.69, 9.17) is 4.74 Å². The van der Waals surface area contributed by atoms with Crippen molar-refractivity contribution in [2.24, 2.45) is 0 Å². The molecule has 1 atom stereocenters. The molecule has 1 aliphatic heterocycles. The molecule has 1 unspecified atom stereocenters. The van der Waals surface area contributed by atoms with Crippen LogP contribution in [0.15, 0.2) is 0 Å². The molecule has 1 saturated heterocycles. The lowest BCUT2D eigenvalue weighted by Gasteiger charge is -2.42. The summed E-state index contributed by atoms with van der Waals surface area (Å²) in [6.45, 7) is 6.25. The van der Waals surface area contributed by atoms with Gasteiger partial charge in [0.2, 0.25) is 0 Å². The highest BCUT2D eigenvalue weighted by atomic mass is 16.5. The van der Waals surface area contributed by atoms with Gasteiger partial charge in [-0.05, 0) is 40.2 Å². The van der Waals surface area contributed by atoms with Crippen LogP contribution in [0.1, 0.15) is 33.1 Å². The van der Waals surface area contributed by atoms with Gasteiger partial charge in [-0.15, -0.1) is 0 Å². The number of hydrogen-bond acceptors (Lipinski definition) is 2. The maximum atomic E-state index is 5.71. The molecule has 1 rings (SSSR count). The Labute approximate surface area is 69.5 Å². The van der Waals surface area contributed by atoms with E-state index >= 15 is 0 Å². The van der Waals surface area contributed by atoms with E-state index in [1.165, 1.54) is 25.8 Å². The smallest absolute Gasteiger partial charge is 0.118 e. The molecule has 1 heterocycles. The van der Waals surface area contributed by atoms with Gasteiger partial charge in [0.1, 0.15) is 5.72 Å².